The highest BCUT2D eigenvalue weighted by molar-refractivity contribution is 6.03. The first-order valence-corrected chi connectivity index (χ1v) is 7.24. The summed E-state index contributed by atoms with van der Waals surface area (Å²) in [7, 11) is 0. The summed E-state index contributed by atoms with van der Waals surface area (Å²) in [6, 6.07) is 18.8. The Balaban J connectivity index is 1.75. The van der Waals surface area contributed by atoms with Gasteiger partial charge in [0.05, 0.1) is 0 Å². The van der Waals surface area contributed by atoms with E-state index < -0.39 is 0 Å². The van der Waals surface area contributed by atoms with E-state index in [1.807, 2.05) is 61.5 Å². The van der Waals surface area contributed by atoms with Gasteiger partial charge in [-0.25, -0.2) is 9.97 Å². The van der Waals surface area contributed by atoms with E-state index in [0.29, 0.717) is 11.6 Å². The van der Waals surface area contributed by atoms with Crippen molar-refractivity contribution in [2.75, 3.05) is 10.6 Å². The van der Waals surface area contributed by atoms with Gasteiger partial charge in [-0.1, -0.05) is 30.3 Å². The number of benzene rings is 2. The molecule has 2 aromatic carbocycles. The van der Waals surface area contributed by atoms with E-state index in [1.165, 1.54) is 0 Å². The zero-order chi connectivity index (χ0) is 16.1. The zero-order valence-corrected chi connectivity index (χ0v) is 12.7. The van der Waals surface area contributed by atoms with Gasteiger partial charge in [-0.2, -0.15) is 0 Å². The molecule has 3 aromatic rings. The highest BCUT2D eigenvalue weighted by atomic mass is 16.1. The van der Waals surface area contributed by atoms with Crippen LogP contribution in [0, 0.1) is 6.92 Å². The largest absolute Gasteiger partial charge is 0.324 e. The Morgan fingerprint density at radius 2 is 1.74 bits per heavy atom. The van der Waals surface area contributed by atoms with Crippen LogP contribution in [0.25, 0.3) is 0 Å². The number of rotatable bonds is 4. The van der Waals surface area contributed by atoms with E-state index in [1.54, 1.807) is 12.3 Å². The molecule has 0 saturated carbocycles. The third-order valence-corrected chi connectivity index (χ3v) is 3.19. The minimum Gasteiger partial charge on any atom is -0.324 e. The number of nitrogens with one attached hydrogen (secondary N) is 2. The Kier molecular flexibility index (Phi) is 4.29. The van der Waals surface area contributed by atoms with E-state index in [2.05, 4.69) is 20.6 Å². The Morgan fingerprint density at radius 3 is 2.52 bits per heavy atom. The molecule has 0 aliphatic carbocycles. The average Bonchev–Trinajstić information content (AvgIpc) is 2.56. The second-order valence-electron chi connectivity index (χ2n) is 5.08. The first-order valence-electron chi connectivity index (χ1n) is 7.24. The lowest BCUT2D eigenvalue weighted by Gasteiger charge is -2.07. The molecule has 0 aliphatic rings. The molecule has 2 N–H and O–H groups in total. The van der Waals surface area contributed by atoms with Crippen molar-refractivity contribution in [1.29, 1.82) is 0 Å². The van der Waals surface area contributed by atoms with Crippen molar-refractivity contribution in [3.8, 4) is 0 Å². The van der Waals surface area contributed by atoms with Crippen LogP contribution in [0.15, 0.2) is 66.9 Å². The third-order valence-electron chi connectivity index (χ3n) is 3.19. The van der Waals surface area contributed by atoms with Gasteiger partial charge >= 0.3 is 0 Å². The molecule has 23 heavy (non-hydrogen) atoms. The van der Waals surface area contributed by atoms with Gasteiger partial charge < -0.3 is 10.6 Å². The molecule has 1 amide bonds. The van der Waals surface area contributed by atoms with Gasteiger partial charge in [0.1, 0.15) is 5.69 Å². The lowest BCUT2D eigenvalue weighted by Crippen LogP contribution is -2.14. The molecule has 0 spiro atoms. The summed E-state index contributed by atoms with van der Waals surface area (Å²) in [5, 5.41) is 5.90. The normalized spacial score (nSPS) is 10.1. The fourth-order valence-electron chi connectivity index (χ4n) is 2.11. The molecule has 1 aromatic heterocycles. The average molecular weight is 304 g/mol. The molecule has 114 valence electrons. The molecule has 5 heteroatoms. The summed E-state index contributed by atoms with van der Waals surface area (Å²) >= 11 is 0. The first kappa shape index (κ1) is 14.7. The van der Waals surface area contributed by atoms with Crippen LogP contribution in [0.2, 0.25) is 0 Å². The maximum Gasteiger partial charge on any atom is 0.274 e. The minimum absolute atomic E-state index is 0.269. The van der Waals surface area contributed by atoms with Gasteiger partial charge in [0.15, 0.2) is 0 Å². The fraction of sp³-hybridized carbons (Fsp3) is 0.0556. The summed E-state index contributed by atoms with van der Waals surface area (Å²) in [6.07, 6.45) is 1.56. The van der Waals surface area contributed by atoms with Crippen molar-refractivity contribution >= 4 is 23.2 Å². The summed E-state index contributed by atoms with van der Waals surface area (Å²) < 4.78 is 0. The Labute approximate surface area is 134 Å². The van der Waals surface area contributed by atoms with Gasteiger partial charge in [-0.05, 0) is 42.8 Å². The maximum atomic E-state index is 12.3. The predicted molar refractivity (Wildman–Crippen MR) is 90.9 cm³/mol. The number of carbonyl (C=O) groups excluding carboxylic acids is 1. The van der Waals surface area contributed by atoms with E-state index in [4.69, 9.17) is 0 Å². The van der Waals surface area contributed by atoms with Crippen LogP contribution in [-0.2, 0) is 0 Å². The number of anilines is 3. The lowest BCUT2D eigenvalue weighted by molar-refractivity contribution is 0.102. The highest BCUT2D eigenvalue weighted by Gasteiger charge is 2.09. The van der Waals surface area contributed by atoms with E-state index >= 15 is 0 Å². The number of aryl methyl sites for hydroxylation is 1. The van der Waals surface area contributed by atoms with Crippen molar-refractivity contribution in [3.63, 3.8) is 0 Å². The minimum atomic E-state index is -0.269. The Bertz CT molecular complexity index is 818. The van der Waals surface area contributed by atoms with Crippen LogP contribution in [0.3, 0.4) is 0 Å². The lowest BCUT2D eigenvalue weighted by atomic mass is 10.2. The molecule has 0 atom stereocenters. The van der Waals surface area contributed by atoms with Crippen LogP contribution >= 0.6 is 0 Å². The van der Waals surface area contributed by atoms with Crippen molar-refractivity contribution < 1.29 is 4.79 Å². The van der Waals surface area contributed by atoms with Crippen molar-refractivity contribution in [2.24, 2.45) is 0 Å². The SMILES string of the molecule is Cc1cccc(NC(=O)c2ccnc(Nc3ccccc3)n2)c1. The van der Waals surface area contributed by atoms with Crippen molar-refractivity contribution in [1.82, 2.24) is 9.97 Å². The molecule has 1 heterocycles. The molecule has 0 radical (unpaired) electrons. The third kappa shape index (κ3) is 3.91. The molecular formula is C18H16N4O. The summed E-state index contributed by atoms with van der Waals surface area (Å²) in [4.78, 5) is 20.7. The summed E-state index contributed by atoms with van der Waals surface area (Å²) in [5.74, 6) is 0.113. The standard InChI is InChI=1S/C18H16N4O/c1-13-6-5-9-15(12-13)20-17(23)16-10-11-19-18(22-16)21-14-7-3-2-4-8-14/h2-12H,1H3,(H,20,23)(H,19,21,22). The smallest absolute Gasteiger partial charge is 0.274 e. The topological polar surface area (TPSA) is 66.9 Å². The summed E-state index contributed by atoms with van der Waals surface area (Å²) in [5.41, 5.74) is 2.99. The number of amides is 1. The van der Waals surface area contributed by atoms with Gasteiger partial charge in [-0.3, -0.25) is 4.79 Å². The first-order chi connectivity index (χ1) is 11.2. The second kappa shape index (κ2) is 6.70. The summed E-state index contributed by atoms with van der Waals surface area (Å²) in [6.45, 7) is 1.97. The highest BCUT2D eigenvalue weighted by Crippen LogP contribution is 2.13. The van der Waals surface area contributed by atoms with E-state index in [9.17, 15) is 4.79 Å². The van der Waals surface area contributed by atoms with Gasteiger partial charge in [0.25, 0.3) is 5.91 Å². The van der Waals surface area contributed by atoms with Crippen LogP contribution in [0.4, 0.5) is 17.3 Å². The second-order valence-corrected chi connectivity index (χ2v) is 5.08. The van der Waals surface area contributed by atoms with Crippen LogP contribution < -0.4 is 10.6 Å². The molecule has 3 rings (SSSR count). The molecule has 5 nitrogen and oxygen atoms in total. The molecule has 0 aliphatic heterocycles. The quantitative estimate of drug-likeness (QED) is 0.769. The molecule has 0 unspecified atom stereocenters. The predicted octanol–water partition coefficient (Wildman–Crippen LogP) is 3.78. The number of aromatic nitrogens is 2. The number of nitrogens with zero attached hydrogens (tertiary/aromatic N) is 2. The van der Waals surface area contributed by atoms with Gasteiger partial charge in [0, 0.05) is 17.6 Å². The van der Waals surface area contributed by atoms with Crippen LogP contribution in [0.1, 0.15) is 16.1 Å². The van der Waals surface area contributed by atoms with E-state index in [0.717, 1.165) is 16.9 Å². The molecule has 0 bridgehead atoms. The number of hydrogen-bond acceptors (Lipinski definition) is 4. The van der Waals surface area contributed by atoms with E-state index in [-0.39, 0.29) is 5.91 Å². The van der Waals surface area contributed by atoms with Gasteiger partial charge in [0.2, 0.25) is 5.95 Å². The van der Waals surface area contributed by atoms with Crippen molar-refractivity contribution in [3.05, 3.63) is 78.1 Å². The number of carbonyl (C=O) groups is 1. The zero-order valence-electron chi connectivity index (χ0n) is 12.7. The maximum absolute atomic E-state index is 12.3. The Hall–Kier alpha value is -3.21. The monoisotopic (exact) mass is 304 g/mol. The number of hydrogen-bond donors (Lipinski definition) is 2. The number of para-hydroxylation sites is 1. The van der Waals surface area contributed by atoms with Crippen LogP contribution in [-0.4, -0.2) is 15.9 Å². The van der Waals surface area contributed by atoms with Crippen molar-refractivity contribution in [2.45, 2.75) is 6.92 Å². The molecular weight excluding hydrogens is 288 g/mol. The van der Waals surface area contributed by atoms with Crippen LogP contribution in [0.5, 0.6) is 0 Å². The molecule has 0 saturated heterocycles. The Morgan fingerprint density at radius 1 is 0.957 bits per heavy atom. The van der Waals surface area contributed by atoms with Gasteiger partial charge in [-0.15, -0.1) is 0 Å². The molecule has 0 fully saturated rings. The fourth-order valence-corrected chi connectivity index (χ4v) is 2.11.